The van der Waals surface area contributed by atoms with Crippen molar-refractivity contribution in [3.63, 3.8) is 0 Å². The molecule has 164 valence electrons. The Labute approximate surface area is 196 Å². The van der Waals surface area contributed by atoms with Crippen LogP contribution in [-0.2, 0) is 14.8 Å². The molecule has 5 nitrogen and oxygen atoms in total. The molecule has 1 unspecified atom stereocenters. The monoisotopic (exact) mass is 472 g/mol. The van der Waals surface area contributed by atoms with Gasteiger partial charge in [0.05, 0.1) is 4.90 Å². The first-order valence-electron chi connectivity index (χ1n) is 10.4. The molecule has 1 aliphatic rings. The van der Waals surface area contributed by atoms with Gasteiger partial charge in [-0.15, -0.1) is 4.40 Å². The maximum atomic E-state index is 13.2. The summed E-state index contributed by atoms with van der Waals surface area (Å²) in [5, 5.41) is 3.65. The molecule has 0 aromatic heterocycles. The van der Waals surface area contributed by atoms with Crippen molar-refractivity contribution in [1.29, 1.82) is 0 Å². The number of hydrogen-bond acceptors (Lipinski definition) is 4. The van der Waals surface area contributed by atoms with Gasteiger partial charge in [0.25, 0.3) is 10.0 Å². The van der Waals surface area contributed by atoms with Crippen molar-refractivity contribution in [3.05, 3.63) is 114 Å². The summed E-state index contributed by atoms with van der Waals surface area (Å²) in [6.07, 6.45) is 0. The molecular weight excluding hydrogens is 452 g/mol. The lowest BCUT2D eigenvalue weighted by molar-refractivity contribution is -0.119. The number of sulfonamides is 1. The molecule has 1 saturated heterocycles. The summed E-state index contributed by atoms with van der Waals surface area (Å²) < 4.78 is 30.4. The van der Waals surface area contributed by atoms with Crippen LogP contribution in [-0.4, -0.2) is 24.7 Å². The molecule has 33 heavy (non-hydrogen) atoms. The molecule has 1 heterocycles. The van der Waals surface area contributed by atoms with Gasteiger partial charge < -0.3 is 5.32 Å². The zero-order chi connectivity index (χ0) is 22.8. The van der Waals surface area contributed by atoms with E-state index in [1.54, 1.807) is 18.2 Å². The minimum atomic E-state index is -4.02. The van der Waals surface area contributed by atoms with E-state index in [2.05, 4.69) is 9.71 Å². The highest BCUT2D eigenvalue weighted by atomic mass is 32.2. The van der Waals surface area contributed by atoms with Gasteiger partial charge in [-0.25, -0.2) is 0 Å². The summed E-state index contributed by atoms with van der Waals surface area (Å²) in [5.41, 5.74) is 1.96. The molecule has 0 saturated carbocycles. The quantitative estimate of drug-likeness (QED) is 0.446. The number of benzene rings is 4. The lowest BCUT2D eigenvalue weighted by Gasteiger charge is -2.21. The third-order valence-corrected chi connectivity index (χ3v) is 8.18. The van der Waals surface area contributed by atoms with Crippen molar-refractivity contribution in [2.75, 3.05) is 0 Å². The smallest absolute Gasteiger partial charge is 0.285 e. The summed E-state index contributed by atoms with van der Waals surface area (Å²) in [5.74, 6) is -0.505. The summed E-state index contributed by atoms with van der Waals surface area (Å²) in [4.78, 5) is 13.1. The van der Waals surface area contributed by atoms with Crippen molar-refractivity contribution in [2.45, 2.75) is 16.1 Å². The van der Waals surface area contributed by atoms with Crippen LogP contribution in [0.5, 0.6) is 0 Å². The number of carbonyl (C=O) groups excluding carboxylic acids is 1. The number of amides is 1. The average molecular weight is 473 g/mol. The second kappa shape index (κ2) is 8.84. The molecule has 0 radical (unpaired) electrons. The lowest BCUT2D eigenvalue weighted by Crippen LogP contribution is -2.29. The number of hydrogen-bond donors (Lipinski definition) is 1. The number of fused-ring (bicyclic) bond motifs is 1. The van der Waals surface area contributed by atoms with Gasteiger partial charge in [0.1, 0.15) is 5.25 Å². The highest BCUT2D eigenvalue weighted by molar-refractivity contribution is 8.16. The minimum Gasteiger partial charge on any atom is -0.303 e. The van der Waals surface area contributed by atoms with Crippen molar-refractivity contribution < 1.29 is 13.2 Å². The molecule has 1 atom stereocenters. The molecule has 1 amide bonds. The molecule has 4 aromatic carbocycles. The van der Waals surface area contributed by atoms with Crippen LogP contribution in [0, 0.1) is 0 Å². The Morgan fingerprint density at radius 3 is 2.00 bits per heavy atom. The van der Waals surface area contributed by atoms with Gasteiger partial charge in [0.2, 0.25) is 5.91 Å². The number of thioether (sulfide) groups is 1. The topological polar surface area (TPSA) is 75.6 Å². The molecule has 7 heteroatoms. The van der Waals surface area contributed by atoms with Crippen LogP contribution in [0.4, 0.5) is 0 Å². The Balaban J connectivity index is 1.52. The summed E-state index contributed by atoms with van der Waals surface area (Å²) in [7, 11) is -4.02. The van der Waals surface area contributed by atoms with E-state index in [-0.39, 0.29) is 21.9 Å². The number of rotatable bonds is 5. The van der Waals surface area contributed by atoms with Gasteiger partial charge in [-0.1, -0.05) is 109 Å². The first-order chi connectivity index (χ1) is 16.0. The van der Waals surface area contributed by atoms with E-state index in [4.69, 9.17) is 0 Å². The normalized spacial score (nSPS) is 17.5. The van der Waals surface area contributed by atoms with Crippen LogP contribution in [0.3, 0.4) is 0 Å². The van der Waals surface area contributed by atoms with E-state index >= 15 is 0 Å². The van der Waals surface area contributed by atoms with Crippen LogP contribution >= 0.6 is 11.8 Å². The maximum Gasteiger partial charge on any atom is 0.285 e. The Morgan fingerprint density at radius 2 is 1.33 bits per heavy atom. The molecule has 4 aromatic rings. The Bertz CT molecular complexity index is 1410. The van der Waals surface area contributed by atoms with Gasteiger partial charge in [-0.05, 0) is 22.6 Å². The van der Waals surface area contributed by atoms with E-state index in [0.717, 1.165) is 28.3 Å². The predicted octanol–water partition coefficient (Wildman–Crippen LogP) is 4.95. The Hall–Kier alpha value is -3.42. The van der Waals surface area contributed by atoms with E-state index in [9.17, 15) is 13.2 Å². The number of carbonyl (C=O) groups is 1. The largest absolute Gasteiger partial charge is 0.303 e. The molecular formula is C26H20N2O3S2. The molecule has 0 bridgehead atoms. The number of nitrogens with zero attached hydrogens (tertiary/aromatic N) is 1. The molecule has 0 aliphatic carbocycles. The molecule has 1 fully saturated rings. The average Bonchev–Trinajstić information content (AvgIpc) is 3.19. The van der Waals surface area contributed by atoms with Crippen molar-refractivity contribution in [1.82, 2.24) is 5.32 Å². The second-order valence-corrected chi connectivity index (χ2v) is 10.4. The van der Waals surface area contributed by atoms with Crippen molar-refractivity contribution >= 4 is 43.6 Å². The lowest BCUT2D eigenvalue weighted by atomic mass is 9.88. The van der Waals surface area contributed by atoms with E-state index < -0.39 is 15.3 Å². The molecule has 1 N–H and O–H groups in total. The Morgan fingerprint density at radius 1 is 0.758 bits per heavy atom. The standard InChI is InChI=1S/C26H20N2O3S2/c29-25-24(23(19-11-3-1-4-12-19)20-13-5-2-6-14-20)32-26(27-25)28-33(30,31)22-17-9-15-18-10-7-8-16-21(18)22/h1-17,23-24H,(H,27,28,29). The van der Waals surface area contributed by atoms with Gasteiger partial charge >= 0.3 is 0 Å². The van der Waals surface area contributed by atoms with Crippen LogP contribution in [0.2, 0.25) is 0 Å². The first kappa shape index (κ1) is 21.4. The van der Waals surface area contributed by atoms with Crippen LogP contribution < -0.4 is 5.32 Å². The highest BCUT2D eigenvalue weighted by Crippen LogP contribution is 2.38. The fraction of sp³-hybridized carbons (Fsp3) is 0.0769. The third-order valence-electron chi connectivity index (χ3n) is 5.58. The van der Waals surface area contributed by atoms with Crippen LogP contribution in [0.15, 0.2) is 112 Å². The third kappa shape index (κ3) is 4.29. The number of nitrogens with one attached hydrogen (secondary N) is 1. The first-order valence-corrected chi connectivity index (χ1v) is 12.7. The zero-order valence-corrected chi connectivity index (χ0v) is 19.1. The fourth-order valence-electron chi connectivity index (χ4n) is 4.09. The van der Waals surface area contributed by atoms with Gasteiger partial charge in [0, 0.05) is 11.3 Å². The predicted molar refractivity (Wildman–Crippen MR) is 133 cm³/mol. The van der Waals surface area contributed by atoms with E-state index in [1.807, 2.05) is 78.9 Å². The maximum absolute atomic E-state index is 13.2. The van der Waals surface area contributed by atoms with Gasteiger partial charge in [-0.3, -0.25) is 4.79 Å². The summed E-state index contributed by atoms with van der Waals surface area (Å²) >= 11 is 1.15. The zero-order valence-electron chi connectivity index (χ0n) is 17.5. The molecule has 5 rings (SSSR count). The fourth-order valence-corrected chi connectivity index (χ4v) is 6.64. The van der Waals surface area contributed by atoms with E-state index in [1.165, 1.54) is 6.07 Å². The number of amidine groups is 1. The summed E-state index contributed by atoms with van der Waals surface area (Å²) in [6.45, 7) is 0. The SMILES string of the molecule is O=C1NC(=NS(=O)(=O)c2cccc3ccccc23)SC1C(c1ccccc1)c1ccccc1. The van der Waals surface area contributed by atoms with Crippen LogP contribution in [0.25, 0.3) is 10.8 Å². The Kier molecular flexibility index (Phi) is 5.74. The minimum absolute atomic E-state index is 0.0924. The molecule has 0 spiro atoms. The van der Waals surface area contributed by atoms with Crippen molar-refractivity contribution in [2.24, 2.45) is 4.40 Å². The van der Waals surface area contributed by atoms with E-state index in [0.29, 0.717) is 5.39 Å². The van der Waals surface area contributed by atoms with Gasteiger partial charge in [-0.2, -0.15) is 8.42 Å². The summed E-state index contributed by atoms with van der Waals surface area (Å²) in [6, 6.07) is 31.9. The highest BCUT2D eigenvalue weighted by Gasteiger charge is 2.39. The van der Waals surface area contributed by atoms with Crippen molar-refractivity contribution in [3.8, 4) is 0 Å². The second-order valence-electron chi connectivity index (χ2n) is 7.68. The van der Waals surface area contributed by atoms with Crippen LogP contribution in [0.1, 0.15) is 17.0 Å². The van der Waals surface area contributed by atoms with Gasteiger partial charge in [0.15, 0.2) is 5.17 Å². The molecule has 1 aliphatic heterocycles.